The summed E-state index contributed by atoms with van der Waals surface area (Å²) in [6.45, 7) is 9.35. The average Bonchev–Trinajstić information content (AvgIpc) is 2.99. The van der Waals surface area contributed by atoms with E-state index in [0.717, 1.165) is 38.4 Å². The first-order valence-electron chi connectivity index (χ1n) is 7.30. The first kappa shape index (κ1) is 14.8. The van der Waals surface area contributed by atoms with Crippen LogP contribution in [0.3, 0.4) is 0 Å². The molecule has 0 aliphatic heterocycles. The molecule has 0 saturated carbocycles. The Hall–Kier alpha value is -1.65. The van der Waals surface area contributed by atoms with E-state index < -0.39 is 0 Å². The zero-order chi connectivity index (χ0) is 14.2. The predicted octanol–water partition coefficient (Wildman–Crippen LogP) is 2.54. The lowest BCUT2D eigenvalue weighted by molar-refractivity contribution is 0.296. The van der Waals surface area contributed by atoms with E-state index in [1.165, 1.54) is 11.1 Å². The predicted molar refractivity (Wildman–Crippen MR) is 82.2 cm³/mol. The fourth-order valence-corrected chi connectivity index (χ4v) is 2.19. The van der Waals surface area contributed by atoms with Crippen LogP contribution in [0.4, 0.5) is 0 Å². The molecule has 20 heavy (non-hydrogen) atoms. The largest absolute Gasteiger partial charge is 0.347 e. The Morgan fingerprint density at radius 2 is 1.75 bits per heavy atom. The fourth-order valence-electron chi connectivity index (χ4n) is 2.19. The van der Waals surface area contributed by atoms with Crippen LogP contribution in [0, 0.1) is 0 Å². The summed E-state index contributed by atoms with van der Waals surface area (Å²) in [6.07, 6.45) is 3.55. The minimum absolute atomic E-state index is 0.821. The second-order valence-corrected chi connectivity index (χ2v) is 4.96. The summed E-state index contributed by atoms with van der Waals surface area (Å²) in [5, 5.41) is 3.40. The third-order valence-electron chi connectivity index (χ3n) is 3.52. The fraction of sp³-hybridized carbons (Fsp3) is 0.438. The van der Waals surface area contributed by atoms with E-state index in [1.54, 1.807) is 6.33 Å². The van der Waals surface area contributed by atoms with Gasteiger partial charge in [-0.1, -0.05) is 38.1 Å². The number of hydrogen-bond acceptors (Lipinski definition) is 3. The van der Waals surface area contributed by atoms with Crippen molar-refractivity contribution in [3.05, 3.63) is 53.6 Å². The molecule has 0 atom stereocenters. The highest BCUT2D eigenvalue weighted by atomic mass is 15.1. The maximum atomic E-state index is 4.00. The molecule has 2 rings (SSSR count). The number of aromatic amines is 1. The molecule has 1 heterocycles. The standard InChI is InChI=1S/C16H24N4/c1-3-20(4-2)12-15-7-5-14(6-8-15)9-17-10-16-11-18-13-19-16/h5-8,11,13,17H,3-4,9-10,12H2,1-2H3,(H,18,19). The number of nitrogens with one attached hydrogen (secondary N) is 2. The summed E-state index contributed by atoms with van der Waals surface area (Å²) in [5.74, 6) is 0. The highest BCUT2D eigenvalue weighted by molar-refractivity contribution is 5.22. The van der Waals surface area contributed by atoms with Gasteiger partial charge in [0.1, 0.15) is 0 Å². The molecule has 0 aliphatic carbocycles. The molecule has 0 spiro atoms. The zero-order valence-corrected chi connectivity index (χ0v) is 12.4. The number of benzene rings is 1. The van der Waals surface area contributed by atoms with Crippen molar-refractivity contribution >= 4 is 0 Å². The molecular formula is C16H24N4. The highest BCUT2D eigenvalue weighted by Crippen LogP contribution is 2.07. The van der Waals surface area contributed by atoms with Crippen molar-refractivity contribution < 1.29 is 0 Å². The zero-order valence-electron chi connectivity index (χ0n) is 12.4. The molecule has 0 aliphatic rings. The van der Waals surface area contributed by atoms with Gasteiger partial charge in [-0.15, -0.1) is 0 Å². The van der Waals surface area contributed by atoms with Crippen LogP contribution in [0.5, 0.6) is 0 Å². The van der Waals surface area contributed by atoms with Gasteiger partial charge in [0.2, 0.25) is 0 Å². The van der Waals surface area contributed by atoms with E-state index >= 15 is 0 Å². The summed E-state index contributed by atoms with van der Waals surface area (Å²) < 4.78 is 0. The molecule has 0 saturated heterocycles. The Balaban J connectivity index is 1.79. The quantitative estimate of drug-likeness (QED) is 0.776. The molecular weight excluding hydrogens is 248 g/mol. The second-order valence-electron chi connectivity index (χ2n) is 4.96. The first-order chi connectivity index (χ1) is 9.81. The van der Waals surface area contributed by atoms with Crippen molar-refractivity contribution in [1.82, 2.24) is 20.2 Å². The molecule has 0 bridgehead atoms. The lowest BCUT2D eigenvalue weighted by atomic mass is 10.1. The van der Waals surface area contributed by atoms with Gasteiger partial charge in [0.15, 0.2) is 0 Å². The van der Waals surface area contributed by atoms with Gasteiger partial charge in [-0.2, -0.15) is 0 Å². The van der Waals surface area contributed by atoms with Crippen LogP contribution in [0.2, 0.25) is 0 Å². The smallest absolute Gasteiger partial charge is 0.0922 e. The van der Waals surface area contributed by atoms with E-state index in [4.69, 9.17) is 0 Å². The lowest BCUT2D eigenvalue weighted by Gasteiger charge is -2.18. The third-order valence-corrected chi connectivity index (χ3v) is 3.52. The number of nitrogens with zero attached hydrogens (tertiary/aromatic N) is 2. The second kappa shape index (κ2) is 7.82. The van der Waals surface area contributed by atoms with Crippen LogP contribution in [-0.2, 0) is 19.6 Å². The normalized spacial score (nSPS) is 11.2. The van der Waals surface area contributed by atoms with E-state index in [9.17, 15) is 0 Å². The SMILES string of the molecule is CCN(CC)Cc1ccc(CNCc2cnc[nH]2)cc1. The van der Waals surface area contributed by atoms with Crippen LogP contribution in [0.25, 0.3) is 0 Å². The maximum absolute atomic E-state index is 4.00. The molecule has 4 heteroatoms. The Morgan fingerprint density at radius 1 is 1.05 bits per heavy atom. The molecule has 0 amide bonds. The van der Waals surface area contributed by atoms with Gasteiger partial charge in [-0.05, 0) is 24.2 Å². The Labute approximate surface area is 121 Å². The molecule has 0 radical (unpaired) electrons. The minimum Gasteiger partial charge on any atom is -0.347 e. The van der Waals surface area contributed by atoms with Gasteiger partial charge < -0.3 is 10.3 Å². The number of hydrogen-bond donors (Lipinski definition) is 2. The van der Waals surface area contributed by atoms with Crippen LogP contribution in [0.1, 0.15) is 30.7 Å². The topological polar surface area (TPSA) is 44.0 Å². The summed E-state index contributed by atoms with van der Waals surface area (Å²) in [6, 6.07) is 8.87. The number of rotatable bonds is 8. The van der Waals surface area contributed by atoms with Gasteiger partial charge >= 0.3 is 0 Å². The molecule has 2 N–H and O–H groups in total. The van der Waals surface area contributed by atoms with Crippen molar-refractivity contribution in [1.29, 1.82) is 0 Å². The van der Waals surface area contributed by atoms with Crippen molar-refractivity contribution in [2.45, 2.75) is 33.5 Å². The maximum Gasteiger partial charge on any atom is 0.0922 e. The van der Waals surface area contributed by atoms with Crippen molar-refractivity contribution in [3.63, 3.8) is 0 Å². The average molecular weight is 272 g/mol. The third kappa shape index (κ3) is 4.47. The van der Waals surface area contributed by atoms with Crippen molar-refractivity contribution in [2.24, 2.45) is 0 Å². The van der Waals surface area contributed by atoms with E-state index in [1.807, 2.05) is 6.20 Å². The molecule has 2 aromatic rings. The van der Waals surface area contributed by atoms with Crippen LogP contribution >= 0.6 is 0 Å². The Kier molecular flexibility index (Phi) is 5.77. The molecule has 4 nitrogen and oxygen atoms in total. The molecule has 1 aromatic heterocycles. The van der Waals surface area contributed by atoms with Gasteiger partial charge in [0.25, 0.3) is 0 Å². The highest BCUT2D eigenvalue weighted by Gasteiger charge is 2.01. The molecule has 1 aromatic carbocycles. The molecule has 0 unspecified atom stereocenters. The van der Waals surface area contributed by atoms with Crippen LogP contribution in [-0.4, -0.2) is 28.0 Å². The summed E-state index contributed by atoms with van der Waals surface area (Å²) >= 11 is 0. The Morgan fingerprint density at radius 3 is 2.35 bits per heavy atom. The minimum atomic E-state index is 0.821. The number of imidazole rings is 1. The number of H-pyrrole nitrogens is 1. The van der Waals surface area contributed by atoms with E-state index in [0.29, 0.717) is 0 Å². The van der Waals surface area contributed by atoms with Gasteiger partial charge in [0.05, 0.1) is 6.33 Å². The van der Waals surface area contributed by atoms with Gasteiger partial charge in [-0.3, -0.25) is 4.90 Å². The van der Waals surface area contributed by atoms with Gasteiger partial charge in [-0.25, -0.2) is 4.98 Å². The van der Waals surface area contributed by atoms with Crippen molar-refractivity contribution in [3.8, 4) is 0 Å². The monoisotopic (exact) mass is 272 g/mol. The summed E-state index contributed by atoms with van der Waals surface area (Å²) in [7, 11) is 0. The summed E-state index contributed by atoms with van der Waals surface area (Å²) in [5.41, 5.74) is 3.81. The summed E-state index contributed by atoms with van der Waals surface area (Å²) in [4.78, 5) is 9.51. The first-order valence-corrected chi connectivity index (χ1v) is 7.30. The van der Waals surface area contributed by atoms with Crippen molar-refractivity contribution in [2.75, 3.05) is 13.1 Å². The molecule has 0 fully saturated rings. The van der Waals surface area contributed by atoms with E-state index in [2.05, 4.69) is 58.3 Å². The Bertz CT molecular complexity index is 472. The lowest BCUT2D eigenvalue weighted by Crippen LogP contribution is -2.22. The van der Waals surface area contributed by atoms with Crippen LogP contribution in [0.15, 0.2) is 36.8 Å². The molecule has 108 valence electrons. The number of aromatic nitrogens is 2. The van der Waals surface area contributed by atoms with Crippen LogP contribution < -0.4 is 5.32 Å². The van der Waals surface area contributed by atoms with E-state index in [-0.39, 0.29) is 0 Å². The van der Waals surface area contributed by atoms with Gasteiger partial charge in [0, 0.05) is 31.5 Å².